The maximum Gasteiger partial charge on any atom is 0.138 e. The van der Waals surface area contributed by atoms with Gasteiger partial charge in [0.1, 0.15) is 6.80 Å². The summed E-state index contributed by atoms with van der Waals surface area (Å²) in [6.07, 6.45) is 0. The number of nitrogens with two attached hydrogens (primary N) is 1. The van der Waals surface area contributed by atoms with Crippen LogP contribution in [0.25, 0.3) is 0 Å². The fourth-order valence-corrected chi connectivity index (χ4v) is 0. The predicted octanol–water partition coefficient (Wildman–Crippen LogP) is -1.31. The van der Waals surface area contributed by atoms with E-state index in [1.54, 1.807) is 0 Å². The van der Waals surface area contributed by atoms with Crippen LogP contribution in [0, 0.1) is 0 Å². The van der Waals surface area contributed by atoms with Gasteiger partial charge in [-0.1, -0.05) is 0 Å². The molecule has 0 radical (unpaired) electrons. The molecule has 0 spiro atoms. The van der Waals surface area contributed by atoms with Crippen LogP contribution in [0.3, 0.4) is 0 Å². The van der Waals surface area contributed by atoms with E-state index in [1.165, 1.54) is 0 Å². The molecule has 0 bridgehead atoms. The van der Waals surface area contributed by atoms with Crippen molar-refractivity contribution in [2.45, 2.75) is 0 Å². The zero-order valence-electron chi connectivity index (χ0n) is 1.66. The maximum absolute atomic E-state index is 10.1. The van der Waals surface area contributed by atoms with E-state index < -0.39 is 6.80 Å². The van der Waals surface area contributed by atoms with Crippen molar-refractivity contribution >= 4 is 8.41 Å². The molecule has 26 valence electrons. The molecule has 4 heavy (non-hydrogen) atoms. The molecule has 0 amide bonds. The number of rotatable bonds is 0. The van der Waals surface area contributed by atoms with Crippen LogP contribution < -0.4 is 5.73 Å². The monoisotopic (exact) mass is 63.1 g/mol. The standard InChI is InChI=1S/CH4FN.BH3/c2-1-3;/h1,3H2;1H3. The second-order valence-electron chi connectivity index (χ2n) is 0.154. The highest BCUT2D eigenvalue weighted by atomic mass is 19.1. The van der Waals surface area contributed by atoms with Gasteiger partial charge in [0, 0.05) is 0 Å². The van der Waals surface area contributed by atoms with Crippen LogP contribution in [-0.4, -0.2) is 15.2 Å². The second-order valence-corrected chi connectivity index (χ2v) is 0.154. The van der Waals surface area contributed by atoms with Crippen LogP contribution >= 0.6 is 0 Å². The summed E-state index contributed by atoms with van der Waals surface area (Å²) in [5, 5.41) is 0. The SMILES string of the molecule is B.NCF. The summed E-state index contributed by atoms with van der Waals surface area (Å²) in [4.78, 5) is 0. The third-order valence-corrected chi connectivity index (χ3v) is 0. The van der Waals surface area contributed by atoms with Gasteiger partial charge in [-0.15, -0.1) is 0 Å². The van der Waals surface area contributed by atoms with Gasteiger partial charge in [0.15, 0.2) is 0 Å². The zero-order chi connectivity index (χ0) is 2.71. The molecular weight excluding hydrogens is 55.8 g/mol. The van der Waals surface area contributed by atoms with Crippen molar-refractivity contribution in [3.8, 4) is 0 Å². The second kappa shape index (κ2) is 12.4. The molecule has 0 aromatic heterocycles. The van der Waals surface area contributed by atoms with Crippen molar-refractivity contribution in [3.63, 3.8) is 0 Å². The van der Waals surface area contributed by atoms with E-state index in [0.29, 0.717) is 0 Å². The largest absolute Gasteiger partial charge is 0.304 e. The van der Waals surface area contributed by atoms with Gasteiger partial charge < -0.3 is 5.73 Å². The van der Waals surface area contributed by atoms with Gasteiger partial charge in [-0.25, -0.2) is 4.39 Å². The molecule has 0 aliphatic carbocycles. The molecule has 0 saturated heterocycles. The Morgan fingerprint density at radius 3 is 1.75 bits per heavy atom. The van der Waals surface area contributed by atoms with Gasteiger partial charge in [0.05, 0.1) is 8.41 Å². The van der Waals surface area contributed by atoms with Gasteiger partial charge in [-0.05, 0) is 0 Å². The predicted molar refractivity (Wildman–Crippen MR) is 20.1 cm³/mol. The molecule has 0 unspecified atom stereocenters. The highest BCUT2D eigenvalue weighted by Gasteiger charge is 1.36. The fraction of sp³-hybridized carbons (Fsp3) is 1.00. The first-order valence-corrected chi connectivity index (χ1v) is 0.676. The zero-order valence-corrected chi connectivity index (χ0v) is 1.66. The first-order chi connectivity index (χ1) is 1.41. The summed E-state index contributed by atoms with van der Waals surface area (Å²) in [7, 11) is 0. The molecular formula is CH7BFN. The summed E-state index contributed by atoms with van der Waals surface area (Å²) in [5.74, 6) is 0. The number of hydrogen-bond donors (Lipinski definition) is 1. The molecule has 0 heterocycles. The summed E-state index contributed by atoms with van der Waals surface area (Å²) >= 11 is 0. The van der Waals surface area contributed by atoms with E-state index >= 15 is 0 Å². The van der Waals surface area contributed by atoms with Gasteiger partial charge in [0.25, 0.3) is 0 Å². The molecule has 0 saturated carbocycles. The lowest BCUT2D eigenvalue weighted by Gasteiger charge is -1.49. The highest BCUT2D eigenvalue weighted by Crippen LogP contribution is 1.33. The summed E-state index contributed by atoms with van der Waals surface area (Å²) in [6, 6.07) is 0. The molecule has 3 heteroatoms. The molecule has 0 rings (SSSR count). The Hall–Kier alpha value is -0.0451. The molecule has 0 atom stereocenters. The van der Waals surface area contributed by atoms with E-state index in [9.17, 15) is 4.39 Å². The third kappa shape index (κ3) is 878. The first-order valence-electron chi connectivity index (χ1n) is 0.676. The first kappa shape index (κ1) is 9.04. The normalized spacial score (nSPS) is 4.50. The van der Waals surface area contributed by atoms with E-state index in [2.05, 4.69) is 5.73 Å². The number of hydrogen-bond acceptors (Lipinski definition) is 1. The maximum atomic E-state index is 10.1. The number of halogens is 1. The minimum Gasteiger partial charge on any atom is -0.304 e. The van der Waals surface area contributed by atoms with Crippen molar-refractivity contribution in [1.82, 2.24) is 0 Å². The Balaban J connectivity index is 0. The quantitative estimate of drug-likeness (QED) is 0.274. The van der Waals surface area contributed by atoms with Crippen LogP contribution in [0.15, 0.2) is 0 Å². The lowest BCUT2D eigenvalue weighted by Crippen LogP contribution is -1.85. The Bertz CT molecular complexity index is 8.00. The Morgan fingerprint density at radius 1 is 1.75 bits per heavy atom. The van der Waals surface area contributed by atoms with Gasteiger partial charge >= 0.3 is 0 Å². The van der Waals surface area contributed by atoms with Gasteiger partial charge in [0.2, 0.25) is 0 Å². The van der Waals surface area contributed by atoms with Crippen LogP contribution in [-0.2, 0) is 0 Å². The topological polar surface area (TPSA) is 26.0 Å². The van der Waals surface area contributed by atoms with Crippen molar-refractivity contribution < 1.29 is 4.39 Å². The molecule has 0 aromatic carbocycles. The molecule has 0 fully saturated rings. The van der Waals surface area contributed by atoms with Crippen LogP contribution in [0.4, 0.5) is 4.39 Å². The Kier molecular flexibility index (Phi) is 28.0. The van der Waals surface area contributed by atoms with Crippen LogP contribution in [0.5, 0.6) is 0 Å². The Morgan fingerprint density at radius 2 is 1.75 bits per heavy atom. The van der Waals surface area contributed by atoms with Crippen molar-refractivity contribution in [3.05, 3.63) is 0 Å². The van der Waals surface area contributed by atoms with Crippen molar-refractivity contribution in [2.24, 2.45) is 5.73 Å². The average Bonchev–Trinajstić information content (AvgIpc) is 0.918. The van der Waals surface area contributed by atoms with E-state index in [4.69, 9.17) is 0 Å². The molecule has 1 nitrogen and oxygen atoms in total. The minimum absolute atomic E-state index is 0. The molecule has 2 N–H and O–H groups in total. The van der Waals surface area contributed by atoms with Gasteiger partial charge in [-0.2, -0.15) is 0 Å². The molecule has 0 aliphatic heterocycles. The van der Waals surface area contributed by atoms with Crippen molar-refractivity contribution in [1.29, 1.82) is 0 Å². The lowest BCUT2D eigenvalue weighted by molar-refractivity contribution is 0.510. The number of alkyl halides is 1. The lowest BCUT2D eigenvalue weighted by atomic mass is 10.8. The Labute approximate surface area is 26.6 Å². The van der Waals surface area contributed by atoms with E-state index in [-0.39, 0.29) is 8.41 Å². The molecule has 0 aliphatic rings. The molecule has 0 aromatic rings. The van der Waals surface area contributed by atoms with Crippen LogP contribution in [0.2, 0.25) is 0 Å². The third-order valence-electron chi connectivity index (χ3n) is 0. The van der Waals surface area contributed by atoms with E-state index in [1.807, 2.05) is 0 Å². The van der Waals surface area contributed by atoms with Gasteiger partial charge in [-0.3, -0.25) is 0 Å². The van der Waals surface area contributed by atoms with E-state index in [0.717, 1.165) is 0 Å². The summed E-state index contributed by atoms with van der Waals surface area (Å²) < 4.78 is 10.1. The van der Waals surface area contributed by atoms with Crippen molar-refractivity contribution in [2.75, 3.05) is 6.80 Å². The average molecular weight is 62.9 g/mol. The minimum atomic E-state index is -0.750. The summed E-state index contributed by atoms with van der Waals surface area (Å²) in [5.41, 5.74) is 4.18. The van der Waals surface area contributed by atoms with Crippen LogP contribution in [0.1, 0.15) is 0 Å². The smallest absolute Gasteiger partial charge is 0.138 e. The summed E-state index contributed by atoms with van der Waals surface area (Å²) in [6.45, 7) is -0.750. The fourth-order valence-electron chi connectivity index (χ4n) is 0. The highest BCUT2D eigenvalue weighted by molar-refractivity contribution is 5.75.